The number of benzene rings is 1. The van der Waals surface area contributed by atoms with Crippen molar-refractivity contribution in [2.24, 2.45) is 5.73 Å². The Hall–Kier alpha value is -3.82. The van der Waals surface area contributed by atoms with Gasteiger partial charge >= 0.3 is 23.9 Å². The Morgan fingerprint density at radius 1 is 1.06 bits per heavy atom. The van der Waals surface area contributed by atoms with Crippen molar-refractivity contribution in [2.75, 3.05) is 18.5 Å². The van der Waals surface area contributed by atoms with Crippen LogP contribution in [0.25, 0.3) is 0 Å². The van der Waals surface area contributed by atoms with Gasteiger partial charge in [0, 0.05) is 11.3 Å². The molecule has 0 unspecified atom stereocenters. The number of nitrogens with two attached hydrogens (primary N) is 1. The minimum atomic E-state index is -2.09. The molecule has 2 aliphatic heterocycles. The standard InChI is InChI=1S/C23H26N2O8/c1-5-30-16(26)11-15-17(20(27)31-6-2)23(22(29)33-15)13-9-7-8-10-14(13)25-19(24)18(23)21(28)32-12(3)4/h7-10,12,25H,5-6,11,24H2,1-4H3/t23-/m0/s1. The molecule has 1 spiro atoms. The summed E-state index contributed by atoms with van der Waals surface area (Å²) in [6.45, 7) is 6.53. The summed E-state index contributed by atoms with van der Waals surface area (Å²) in [6.07, 6.45) is -1.06. The molecule has 3 N–H and O–H groups in total. The fourth-order valence-corrected chi connectivity index (χ4v) is 3.96. The van der Waals surface area contributed by atoms with Crippen LogP contribution in [0.1, 0.15) is 39.7 Å². The molecule has 0 saturated heterocycles. The van der Waals surface area contributed by atoms with Gasteiger partial charge in [-0.15, -0.1) is 0 Å². The van der Waals surface area contributed by atoms with Crippen LogP contribution in [0.5, 0.6) is 0 Å². The summed E-state index contributed by atoms with van der Waals surface area (Å²) >= 11 is 0. The molecule has 176 valence electrons. The van der Waals surface area contributed by atoms with E-state index in [0.717, 1.165) is 0 Å². The molecule has 33 heavy (non-hydrogen) atoms. The van der Waals surface area contributed by atoms with Gasteiger partial charge in [0.1, 0.15) is 29.1 Å². The number of rotatable bonds is 7. The lowest BCUT2D eigenvalue weighted by molar-refractivity contribution is -0.150. The third-order valence-electron chi connectivity index (χ3n) is 5.06. The van der Waals surface area contributed by atoms with Gasteiger partial charge in [-0.1, -0.05) is 18.2 Å². The average molecular weight is 458 g/mol. The quantitative estimate of drug-likeness (QED) is 0.458. The number of esters is 4. The lowest BCUT2D eigenvalue weighted by Gasteiger charge is -2.36. The summed E-state index contributed by atoms with van der Waals surface area (Å²) in [5, 5.41) is 2.89. The molecule has 0 fully saturated rings. The first kappa shape index (κ1) is 23.8. The van der Waals surface area contributed by atoms with Crippen molar-refractivity contribution < 1.29 is 38.1 Å². The highest BCUT2D eigenvalue weighted by molar-refractivity contribution is 6.16. The van der Waals surface area contributed by atoms with Crippen molar-refractivity contribution in [2.45, 2.75) is 45.6 Å². The van der Waals surface area contributed by atoms with Crippen LogP contribution in [-0.2, 0) is 43.5 Å². The molecule has 2 aliphatic rings. The molecular weight excluding hydrogens is 432 g/mol. The van der Waals surface area contributed by atoms with E-state index in [9.17, 15) is 19.2 Å². The first-order valence-electron chi connectivity index (χ1n) is 10.5. The van der Waals surface area contributed by atoms with E-state index in [1.54, 1.807) is 52.0 Å². The Morgan fingerprint density at radius 3 is 2.36 bits per heavy atom. The highest BCUT2D eigenvalue weighted by Crippen LogP contribution is 2.53. The molecule has 0 aliphatic carbocycles. The minimum absolute atomic E-state index is 0.0237. The highest BCUT2D eigenvalue weighted by atomic mass is 16.6. The second-order valence-corrected chi connectivity index (χ2v) is 7.55. The Kier molecular flexibility index (Phi) is 6.75. The van der Waals surface area contributed by atoms with Crippen LogP contribution in [0.15, 0.2) is 47.0 Å². The van der Waals surface area contributed by atoms with Crippen molar-refractivity contribution in [3.05, 3.63) is 52.6 Å². The molecular formula is C23H26N2O8. The van der Waals surface area contributed by atoms with E-state index in [0.29, 0.717) is 5.69 Å². The van der Waals surface area contributed by atoms with Gasteiger partial charge in [-0.25, -0.2) is 14.4 Å². The largest absolute Gasteiger partial charge is 0.466 e. The maximum atomic E-state index is 13.6. The average Bonchev–Trinajstić information content (AvgIpc) is 2.99. The number of nitrogens with one attached hydrogen (secondary N) is 1. The van der Waals surface area contributed by atoms with Crippen molar-refractivity contribution in [1.82, 2.24) is 0 Å². The van der Waals surface area contributed by atoms with E-state index in [-0.39, 0.29) is 41.5 Å². The summed E-state index contributed by atoms with van der Waals surface area (Å²) in [5.41, 5.74) is 4.11. The van der Waals surface area contributed by atoms with Crippen molar-refractivity contribution in [1.29, 1.82) is 0 Å². The monoisotopic (exact) mass is 458 g/mol. The number of fused-ring (bicyclic) bond motifs is 2. The number of ether oxygens (including phenoxy) is 4. The number of hydrogen-bond acceptors (Lipinski definition) is 10. The Bertz CT molecular complexity index is 1070. The Morgan fingerprint density at radius 2 is 1.73 bits per heavy atom. The summed E-state index contributed by atoms with van der Waals surface area (Å²) in [4.78, 5) is 52.3. The van der Waals surface area contributed by atoms with Gasteiger partial charge in [0.15, 0.2) is 5.41 Å². The lowest BCUT2D eigenvalue weighted by Crippen LogP contribution is -2.48. The van der Waals surface area contributed by atoms with Gasteiger partial charge in [-0.3, -0.25) is 4.79 Å². The number of hydrogen-bond donors (Lipinski definition) is 2. The molecule has 10 nitrogen and oxygen atoms in total. The van der Waals surface area contributed by atoms with Crippen LogP contribution >= 0.6 is 0 Å². The van der Waals surface area contributed by atoms with Gasteiger partial charge in [0.2, 0.25) is 0 Å². The predicted molar refractivity (Wildman–Crippen MR) is 115 cm³/mol. The third kappa shape index (κ3) is 4.04. The zero-order chi connectivity index (χ0) is 24.3. The molecule has 2 heterocycles. The van der Waals surface area contributed by atoms with E-state index in [2.05, 4.69) is 5.32 Å². The van der Waals surface area contributed by atoms with Gasteiger partial charge < -0.3 is 30.0 Å². The maximum absolute atomic E-state index is 13.6. The summed E-state index contributed by atoms with van der Waals surface area (Å²) in [5.74, 6) is -3.99. The maximum Gasteiger partial charge on any atom is 0.339 e. The number of carbonyl (C=O) groups excluding carboxylic acids is 4. The Labute approximate surface area is 190 Å². The van der Waals surface area contributed by atoms with Gasteiger partial charge in [-0.2, -0.15) is 0 Å². The molecule has 0 radical (unpaired) electrons. The van der Waals surface area contributed by atoms with Gasteiger partial charge in [0.25, 0.3) is 0 Å². The van der Waals surface area contributed by atoms with Crippen molar-refractivity contribution in [3.8, 4) is 0 Å². The van der Waals surface area contributed by atoms with E-state index in [4.69, 9.17) is 24.7 Å². The highest BCUT2D eigenvalue weighted by Gasteiger charge is 2.63. The van der Waals surface area contributed by atoms with Crippen LogP contribution in [0.2, 0.25) is 0 Å². The molecule has 3 rings (SSSR count). The van der Waals surface area contributed by atoms with E-state index < -0.39 is 41.8 Å². The normalized spacial score (nSPS) is 19.2. The predicted octanol–water partition coefficient (Wildman–Crippen LogP) is 1.80. The second-order valence-electron chi connectivity index (χ2n) is 7.55. The molecule has 0 aromatic heterocycles. The molecule has 1 aromatic carbocycles. The smallest absolute Gasteiger partial charge is 0.339 e. The number of anilines is 1. The molecule has 1 atom stereocenters. The first-order chi connectivity index (χ1) is 15.7. The topological polar surface area (TPSA) is 143 Å². The summed E-state index contributed by atoms with van der Waals surface area (Å²) in [7, 11) is 0. The molecule has 0 saturated carbocycles. The minimum Gasteiger partial charge on any atom is -0.466 e. The fraction of sp³-hybridized carbons (Fsp3) is 0.391. The van der Waals surface area contributed by atoms with Crippen LogP contribution < -0.4 is 11.1 Å². The number of carbonyl (C=O) groups is 4. The zero-order valence-corrected chi connectivity index (χ0v) is 18.9. The van der Waals surface area contributed by atoms with E-state index >= 15 is 0 Å². The van der Waals surface area contributed by atoms with Gasteiger partial charge in [0.05, 0.1) is 19.3 Å². The SMILES string of the molecule is CCOC(=O)CC1=C(C(=O)OCC)[C@]2(C(=O)O1)C(C(=O)OC(C)C)=C(N)Nc1ccccc12. The van der Waals surface area contributed by atoms with Crippen LogP contribution in [0, 0.1) is 0 Å². The molecule has 10 heteroatoms. The van der Waals surface area contributed by atoms with Crippen LogP contribution in [0.3, 0.4) is 0 Å². The number of para-hydroxylation sites is 1. The third-order valence-corrected chi connectivity index (χ3v) is 5.06. The lowest BCUT2D eigenvalue weighted by atomic mass is 9.66. The first-order valence-corrected chi connectivity index (χ1v) is 10.5. The van der Waals surface area contributed by atoms with Crippen LogP contribution in [0.4, 0.5) is 5.69 Å². The van der Waals surface area contributed by atoms with Crippen molar-refractivity contribution >= 4 is 29.6 Å². The van der Waals surface area contributed by atoms with E-state index in [1.165, 1.54) is 0 Å². The van der Waals surface area contributed by atoms with Crippen molar-refractivity contribution in [3.63, 3.8) is 0 Å². The van der Waals surface area contributed by atoms with Gasteiger partial charge in [-0.05, 0) is 33.8 Å². The zero-order valence-electron chi connectivity index (χ0n) is 18.9. The summed E-state index contributed by atoms with van der Waals surface area (Å²) in [6, 6.07) is 6.52. The fourth-order valence-electron chi connectivity index (χ4n) is 3.96. The molecule has 0 bridgehead atoms. The summed E-state index contributed by atoms with van der Waals surface area (Å²) < 4.78 is 21.0. The van der Waals surface area contributed by atoms with Crippen LogP contribution in [-0.4, -0.2) is 43.2 Å². The molecule has 1 aromatic rings. The molecule has 0 amide bonds. The Balaban J connectivity index is 2.36. The number of cyclic esters (lactones) is 1. The second kappa shape index (κ2) is 9.35. The van der Waals surface area contributed by atoms with E-state index in [1.807, 2.05) is 0 Å².